The van der Waals surface area contributed by atoms with E-state index < -0.39 is 0 Å². The third-order valence-electron chi connectivity index (χ3n) is 2.64. The summed E-state index contributed by atoms with van der Waals surface area (Å²) < 4.78 is 5.32. The van der Waals surface area contributed by atoms with Crippen molar-refractivity contribution in [3.8, 4) is 0 Å². The summed E-state index contributed by atoms with van der Waals surface area (Å²) >= 11 is 0. The van der Waals surface area contributed by atoms with E-state index in [1.807, 2.05) is 0 Å². The summed E-state index contributed by atoms with van der Waals surface area (Å²) in [6.45, 7) is 10.1. The highest BCUT2D eigenvalue weighted by Gasteiger charge is 2.17. The Morgan fingerprint density at radius 2 is 2.15 bits per heavy atom. The van der Waals surface area contributed by atoms with E-state index >= 15 is 0 Å². The molecule has 1 unspecified atom stereocenters. The highest BCUT2D eigenvalue weighted by atomic mass is 16.5. The van der Waals surface area contributed by atoms with E-state index in [4.69, 9.17) is 4.74 Å². The number of hydrogen-bond donors (Lipinski definition) is 0. The number of unbranched alkanes of at least 4 members (excludes halogenated alkanes) is 1. The van der Waals surface area contributed by atoms with Gasteiger partial charge in [-0.2, -0.15) is 0 Å². The molecule has 1 aliphatic heterocycles. The van der Waals surface area contributed by atoms with Gasteiger partial charge in [0.2, 0.25) is 0 Å². The second-order valence-electron chi connectivity index (χ2n) is 3.59. The summed E-state index contributed by atoms with van der Waals surface area (Å²) in [6, 6.07) is 0.573. The van der Waals surface area contributed by atoms with Crippen molar-refractivity contribution in [2.45, 2.75) is 32.2 Å². The third kappa shape index (κ3) is 3.49. The van der Waals surface area contributed by atoms with Gasteiger partial charge in [-0.05, 0) is 6.42 Å². The Morgan fingerprint density at radius 3 is 2.69 bits per heavy atom. The van der Waals surface area contributed by atoms with Crippen LogP contribution >= 0.6 is 0 Å². The minimum Gasteiger partial charge on any atom is -0.379 e. The van der Waals surface area contributed by atoms with Gasteiger partial charge >= 0.3 is 0 Å². The molecule has 1 rings (SSSR count). The minimum atomic E-state index is 0.573. The number of ether oxygens (including phenoxy) is 1. The SMILES string of the molecule is C=CC(CCCC)N1CCOCC1. The van der Waals surface area contributed by atoms with Crippen molar-refractivity contribution in [3.05, 3.63) is 12.7 Å². The van der Waals surface area contributed by atoms with Gasteiger partial charge in [-0.25, -0.2) is 0 Å². The van der Waals surface area contributed by atoms with Gasteiger partial charge in [0, 0.05) is 19.1 Å². The van der Waals surface area contributed by atoms with Crippen molar-refractivity contribution < 1.29 is 4.74 Å². The molecule has 1 atom stereocenters. The maximum Gasteiger partial charge on any atom is 0.0594 e. The molecule has 0 aromatic heterocycles. The molecule has 1 heterocycles. The van der Waals surface area contributed by atoms with Crippen LogP contribution in [0.5, 0.6) is 0 Å². The monoisotopic (exact) mass is 183 g/mol. The molecule has 0 saturated carbocycles. The molecule has 1 saturated heterocycles. The first-order valence-electron chi connectivity index (χ1n) is 5.32. The van der Waals surface area contributed by atoms with E-state index in [2.05, 4.69) is 24.5 Å². The minimum absolute atomic E-state index is 0.573. The number of hydrogen-bond acceptors (Lipinski definition) is 2. The number of morpholine rings is 1. The number of nitrogens with zero attached hydrogens (tertiary/aromatic N) is 1. The van der Waals surface area contributed by atoms with Crippen molar-refractivity contribution in [2.75, 3.05) is 26.3 Å². The Hall–Kier alpha value is -0.340. The molecule has 0 N–H and O–H groups in total. The smallest absolute Gasteiger partial charge is 0.0594 e. The van der Waals surface area contributed by atoms with Crippen LogP contribution in [0.3, 0.4) is 0 Å². The predicted molar refractivity (Wildman–Crippen MR) is 55.9 cm³/mol. The fourth-order valence-electron chi connectivity index (χ4n) is 1.77. The van der Waals surface area contributed by atoms with E-state index in [-0.39, 0.29) is 0 Å². The van der Waals surface area contributed by atoms with Crippen LogP contribution < -0.4 is 0 Å². The van der Waals surface area contributed by atoms with Gasteiger partial charge < -0.3 is 4.74 Å². The molecule has 0 aromatic carbocycles. The summed E-state index contributed by atoms with van der Waals surface area (Å²) in [5.74, 6) is 0. The Balaban J connectivity index is 2.30. The van der Waals surface area contributed by atoms with Crippen LogP contribution in [-0.4, -0.2) is 37.2 Å². The zero-order chi connectivity index (χ0) is 9.52. The number of rotatable bonds is 5. The molecule has 0 radical (unpaired) electrons. The van der Waals surface area contributed by atoms with Gasteiger partial charge in [0.25, 0.3) is 0 Å². The molecule has 1 aliphatic rings. The molecular formula is C11H21NO. The molecule has 2 heteroatoms. The van der Waals surface area contributed by atoms with Crippen LogP contribution in [-0.2, 0) is 4.74 Å². The van der Waals surface area contributed by atoms with Crippen LogP contribution in [0.1, 0.15) is 26.2 Å². The third-order valence-corrected chi connectivity index (χ3v) is 2.64. The normalized spacial score (nSPS) is 21.3. The summed E-state index contributed by atoms with van der Waals surface area (Å²) in [6.07, 6.45) is 5.91. The summed E-state index contributed by atoms with van der Waals surface area (Å²) in [7, 11) is 0. The van der Waals surface area contributed by atoms with Gasteiger partial charge in [0.05, 0.1) is 13.2 Å². The van der Waals surface area contributed by atoms with Crippen LogP contribution in [0.2, 0.25) is 0 Å². The molecule has 76 valence electrons. The lowest BCUT2D eigenvalue weighted by Crippen LogP contribution is -2.42. The Bertz CT molecular complexity index is 141. The fourth-order valence-corrected chi connectivity index (χ4v) is 1.77. The first kappa shape index (κ1) is 10.7. The zero-order valence-electron chi connectivity index (χ0n) is 8.67. The maximum absolute atomic E-state index is 5.32. The molecule has 0 amide bonds. The van der Waals surface area contributed by atoms with Crippen molar-refractivity contribution in [1.82, 2.24) is 4.90 Å². The van der Waals surface area contributed by atoms with Crippen molar-refractivity contribution >= 4 is 0 Å². The van der Waals surface area contributed by atoms with E-state index in [1.165, 1.54) is 19.3 Å². The topological polar surface area (TPSA) is 12.5 Å². The van der Waals surface area contributed by atoms with E-state index in [0.29, 0.717) is 6.04 Å². The van der Waals surface area contributed by atoms with Gasteiger partial charge in [0.1, 0.15) is 0 Å². The maximum atomic E-state index is 5.32. The fraction of sp³-hybridized carbons (Fsp3) is 0.818. The highest BCUT2D eigenvalue weighted by Crippen LogP contribution is 2.11. The lowest BCUT2D eigenvalue weighted by Gasteiger charge is -2.32. The summed E-state index contributed by atoms with van der Waals surface area (Å²) in [4.78, 5) is 2.48. The first-order valence-corrected chi connectivity index (χ1v) is 5.32. The van der Waals surface area contributed by atoms with E-state index in [0.717, 1.165) is 26.3 Å². The Morgan fingerprint density at radius 1 is 1.46 bits per heavy atom. The highest BCUT2D eigenvalue weighted by molar-refractivity contribution is 4.88. The van der Waals surface area contributed by atoms with Crippen molar-refractivity contribution in [2.24, 2.45) is 0 Å². The average Bonchev–Trinajstić information content (AvgIpc) is 2.21. The molecule has 13 heavy (non-hydrogen) atoms. The molecule has 2 nitrogen and oxygen atoms in total. The van der Waals surface area contributed by atoms with E-state index in [9.17, 15) is 0 Å². The van der Waals surface area contributed by atoms with Crippen molar-refractivity contribution in [1.29, 1.82) is 0 Å². The summed E-state index contributed by atoms with van der Waals surface area (Å²) in [5.41, 5.74) is 0. The lowest BCUT2D eigenvalue weighted by atomic mass is 10.1. The van der Waals surface area contributed by atoms with Gasteiger partial charge in [-0.1, -0.05) is 25.8 Å². The van der Waals surface area contributed by atoms with Crippen LogP contribution in [0.15, 0.2) is 12.7 Å². The Kier molecular flexibility index (Phi) is 5.09. The zero-order valence-corrected chi connectivity index (χ0v) is 8.67. The largest absolute Gasteiger partial charge is 0.379 e. The molecule has 1 fully saturated rings. The summed E-state index contributed by atoms with van der Waals surface area (Å²) in [5, 5.41) is 0. The predicted octanol–water partition coefficient (Wildman–Crippen LogP) is 2.06. The first-order chi connectivity index (χ1) is 6.38. The van der Waals surface area contributed by atoms with Crippen LogP contribution in [0.25, 0.3) is 0 Å². The Labute approximate surface area is 81.6 Å². The molecule has 0 bridgehead atoms. The van der Waals surface area contributed by atoms with Crippen LogP contribution in [0.4, 0.5) is 0 Å². The van der Waals surface area contributed by atoms with Gasteiger partial charge in [-0.15, -0.1) is 6.58 Å². The van der Waals surface area contributed by atoms with E-state index in [1.54, 1.807) is 0 Å². The average molecular weight is 183 g/mol. The molecule has 0 aromatic rings. The quantitative estimate of drug-likeness (QED) is 0.605. The molecule has 0 spiro atoms. The second kappa shape index (κ2) is 6.17. The van der Waals surface area contributed by atoms with Crippen LogP contribution in [0, 0.1) is 0 Å². The van der Waals surface area contributed by atoms with Crippen molar-refractivity contribution in [3.63, 3.8) is 0 Å². The molecule has 0 aliphatic carbocycles. The second-order valence-corrected chi connectivity index (χ2v) is 3.59. The van der Waals surface area contributed by atoms with Gasteiger partial charge in [-0.3, -0.25) is 4.90 Å². The van der Waals surface area contributed by atoms with Gasteiger partial charge in [0.15, 0.2) is 0 Å². The molecular weight excluding hydrogens is 162 g/mol. The lowest BCUT2D eigenvalue weighted by molar-refractivity contribution is 0.0239. The standard InChI is InChI=1S/C11H21NO/c1-3-5-6-11(4-2)12-7-9-13-10-8-12/h4,11H,2-3,5-10H2,1H3.